The largest absolute Gasteiger partial charge is 0.454 e. The van der Waals surface area contributed by atoms with E-state index in [-0.39, 0.29) is 17.8 Å². The highest BCUT2D eigenvalue weighted by Gasteiger charge is 2.34. The summed E-state index contributed by atoms with van der Waals surface area (Å²) >= 11 is 0. The fraction of sp³-hybridized carbons (Fsp3) is 0.857. The van der Waals surface area contributed by atoms with Crippen molar-refractivity contribution in [2.45, 2.75) is 109 Å². The number of hydrogen-bond acceptors (Lipinski definition) is 4. The first kappa shape index (κ1) is 24.2. The Kier molecular flexibility index (Phi) is 12.7. The third kappa shape index (κ3) is 12.2. The maximum absolute atomic E-state index is 11.6. The third-order valence-corrected chi connectivity index (χ3v) is 6.01. The number of unbranched alkanes of at least 4 members (excludes halogenated alkanes) is 12. The molecule has 1 aliphatic heterocycles. The van der Waals surface area contributed by atoms with Crippen LogP contribution in [0.1, 0.15) is 103 Å². The Labute approximate surface area is 166 Å². The van der Waals surface area contributed by atoms with Gasteiger partial charge in [0.1, 0.15) is 6.10 Å². The van der Waals surface area contributed by atoms with Crippen LogP contribution in [0.5, 0.6) is 0 Å². The SMILES string of the molecule is CCCCCCCCCCCCCC1OC(=O)/C1=C\CCCCS(N)(=O)=O. The van der Waals surface area contributed by atoms with E-state index in [9.17, 15) is 13.2 Å². The molecular weight excluding hydrogens is 362 g/mol. The van der Waals surface area contributed by atoms with Gasteiger partial charge in [0.2, 0.25) is 10.0 Å². The Morgan fingerprint density at radius 3 is 1.96 bits per heavy atom. The van der Waals surface area contributed by atoms with Crippen molar-refractivity contribution < 1.29 is 17.9 Å². The number of allylic oxidation sites excluding steroid dienone is 1. The van der Waals surface area contributed by atoms with E-state index in [1.165, 1.54) is 64.2 Å². The van der Waals surface area contributed by atoms with Gasteiger partial charge in [-0.05, 0) is 32.1 Å². The van der Waals surface area contributed by atoms with Crippen molar-refractivity contribution >= 4 is 16.0 Å². The van der Waals surface area contributed by atoms with Crippen LogP contribution in [0.2, 0.25) is 0 Å². The van der Waals surface area contributed by atoms with Gasteiger partial charge in [-0.3, -0.25) is 0 Å². The average Bonchev–Trinajstić information content (AvgIpc) is 2.60. The highest BCUT2D eigenvalue weighted by Crippen LogP contribution is 2.27. The Morgan fingerprint density at radius 2 is 1.44 bits per heavy atom. The topological polar surface area (TPSA) is 86.5 Å². The zero-order valence-electron chi connectivity index (χ0n) is 17.1. The van der Waals surface area contributed by atoms with E-state index in [1.54, 1.807) is 0 Å². The summed E-state index contributed by atoms with van der Waals surface area (Å²) in [7, 11) is -3.38. The molecule has 0 radical (unpaired) electrons. The summed E-state index contributed by atoms with van der Waals surface area (Å²) < 4.78 is 27.0. The summed E-state index contributed by atoms with van der Waals surface area (Å²) in [5, 5.41) is 4.97. The Bertz CT molecular complexity index is 542. The van der Waals surface area contributed by atoms with Gasteiger partial charge in [0.25, 0.3) is 0 Å². The van der Waals surface area contributed by atoms with Crippen LogP contribution in [0.3, 0.4) is 0 Å². The van der Waals surface area contributed by atoms with Crippen LogP contribution in [-0.4, -0.2) is 26.2 Å². The summed E-state index contributed by atoms with van der Waals surface area (Å²) in [6.07, 6.45) is 19.1. The monoisotopic (exact) mass is 401 g/mol. The number of carbonyl (C=O) groups is 1. The average molecular weight is 402 g/mol. The first-order valence-electron chi connectivity index (χ1n) is 10.9. The van der Waals surface area contributed by atoms with Crippen LogP contribution in [0.15, 0.2) is 11.6 Å². The van der Waals surface area contributed by atoms with Crippen LogP contribution in [0.4, 0.5) is 0 Å². The first-order valence-corrected chi connectivity index (χ1v) is 12.6. The second-order valence-corrected chi connectivity index (χ2v) is 9.47. The van der Waals surface area contributed by atoms with Crippen molar-refractivity contribution in [2.75, 3.05) is 5.75 Å². The van der Waals surface area contributed by atoms with E-state index in [0.29, 0.717) is 12.8 Å². The normalized spacial score (nSPS) is 18.5. The van der Waals surface area contributed by atoms with Gasteiger partial charge < -0.3 is 4.74 Å². The van der Waals surface area contributed by atoms with Gasteiger partial charge in [0.05, 0.1) is 11.3 Å². The molecule has 1 unspecified atom stereocenters. The van der Waals surface area contributed by atoms with Gasteiger partial charge in [0.15, 0.2) is 0 Å². The number of rotatable bonds is 17. The molecule has 2 N–H and O–H groups in total. The van der Waals surface area contributed by atoms with Crippen molar-refractivity contribution in [1.29, 1.82) is 0 Å². The minimum Gasteiger partial charge on any atom is -0.454 e. The van der Waals surface area contributed by atoms with Crippen LogP contribution in [0.25, 0.3) is 0 Å². The molecule has 0 aliphatic carbocycles. The lowest BCUT2D eigenvalue weighted by Crippen LogP contribution is -2.36. The molecule has 158 valence electrons. The molecule has 1 fully saturated rings. The van der Waals surface area contributed by atoms with E-state index < -0.39 is 10.0 Å². The van der Waals surface area contributed by atoms with Crippen molar-refractivity contribution in [3.05, 3.63) is 11.6 Å². The van der Waals surface area contributed by atoms with Crippen LogP contribution in [-0.2, 0) is 19.6 Å². The lowest BCUT2D eigenvalue weighted by molar-refractivity contribution is -0.156. The smallest absolute Gasteiger partial charge is 0.338 e. The maximum Gasteiger partial charge on any atom is 0.338 e. The molecule has 5 nitrogen and oxygen atoms in total. The van der Waals surface area contributed by atoms with Gasteiger partial charge in [-0.2, -0.15) is 0 Å². The number of nitrogens with two attached hydrogens (primary N) is 1. The van der Waals surface area contributed by atoms with Crippen molar-refractivity contribution in [2.24, 2.45) is 5.14 Å². The summed E-state index contributed by atoms with van der Waals surface area (Å²) in [6.45, 7) is 2.25. The van der Waals surface area contributed by atoms with Crippen LogP contribution >= 0.6 is 0 Å². The number of ether oxygens (including phenoxy) is 1. The minimum atomic E-state index is -3.38. The second kappa shape index (κ2) is 14.2. The summed E-state index contributed by atoms with van der Waals surface area (Å²) in [6, 6.07) is 0. The molecule has 1 atom stereocenters. The maximum atomic E-state index is 11.6. The van der Waals surface area contributed by atoms with Crippen LogP contribution < -0.4 is 5.14 Å². The van der Waals surface area contributed by atoms with E-state index in [4.69, 9.17) is 9.88 Å². The van der Waals surface area contributed by atoms with E-state index >= 15 is 0 Å². The molecule has 0 spiro atoms. The molecule has 1 saturated heterocycles. The van der Waals surface area contributed by atoms with Gasteiger partial charge in [-0.1, -0.05) is 77.2 Å². The summed E-state index contributed by atoms with van der Waals surface area (Å²) in [5.74, 6) is -0.211. The van der Waals surface area contributed by atoms with Gasteiger partial charge in [-0.15, -0.1) is 0 Å². The highest BCUT2D eigenvalue weighted by atomic mass is 32.2. The predicted octanol–water partition coefficient (Wildman–Crippen LogP) is 5.00. The Morgan fingerprint density at radius 1 is 0.889 bits per heavy atom. The van der Waals surface area contributed by atoms with E-state index in [1.807, 2.05) is 6.08 Å². The molecule has 1 heterocycles. The second-order valence-electron chi connectivity index (χ2n) is 7.74. The van der Waals surface area contributed by atoms with E-state index in [2.05, 4.69) is 6.92 Å². The minimum absolute atomic E-state index is 0.00277. The Balaban J connectivity index is 2.00. The molecule has 6 heteroatoms. The highest BCUT2D eigenvalue weighted by molar-refractivity contribution is 7.89. The van der Waals surface area contributed by atoms with E-state index in [0.717, 1.165) is 24.8 Å². The molecule has 0 aromatic carbocycles. The molecule has 0 aromatic rings. The summed E-state index contributed by atoms with van der Waals surface area (Å²) in [4.78, 5) is 11.6. The number of cyclic esters (lactones) is 1. The fourth-order valence-electron chi connectivity index (χ4n) is 3.46. The molecular formula is C21H39NO4S. The van der Waals surface area contributed by atoms with Gasteiger partial charge in [-0.25, -0.2) is 18.4 Å². The van der Waals surface area contributed by atoms with Crippen molar-refractivity contribution in [1.82, 2.24) is 0 Å². The zero-order valence-corrected chi connectivity index (χ0v) is 17.9. The molecule has 27 heavy (non-hydrogen) atoms. The molecule has 0 bridgehead atoms. The first-order chi connectivity index (χ1) is 12.9. The molecule has 1 aliphatic rings. The van der Waals surface area contributed by atoms with Gasteiger partial charge >= 0.3 is 5.97 Å². The molecule has 0 amide bonds. The number of sulfonamides is 1. The van der Waals surface area contributed by atoms with Crippen LogP contribution in [0, 0.1) is 0 Å². The summed E-state index contributed by atoms with van der Waals surface area (Å²) in [5.41, 5.74) is 0.776. The lowest BCUT2D eigenvalue weighted by Gasteiger charge is -2.29. The Hall–Kier alpha value is -0.880. The zero-order chi connectivity index (χ0) is 20.0. The van der Waals surface area contributed by atoms with Crippen molar-refractivity contribution in [3.8, 4) is 0 Å². The molecule has 0 aromatic heterocycles. The molecule has 1 rings (SSSR count). The van der Waals surface area contributed by atoms with Gasteiger partial charge in [0, 0.05) is 0 Å². The third-order valence-electron chi connectivity index (χ3n) is 5.15. The number of primary sulfonamides is 1. The quantitative estimate of drug-likeness (QED) is 0.211. The lowest BCUT2D eigenvalue weighted by atomic mass is 9.96. The fourth-order valence-corrected chi connectivity index (χ4v) is 4.07. The number of carbonyl (C=O) groups excluding carboxylic acids is 1. The molecule has 0 saturated carbocycles. The predicted molar refractivity (Wildman–Crippen MR) is 111 cm³/mol. The number of esters is 1. The standard InChI is InChI=1S/C21H39NO4S/c1-2-3-4-5-6-7-8-9-10-11-14-17-20-19(21(23)26-20)16-13-12-15-18-27(22,24)25/h16,20H,2-15,17-18H2,1H3,(H2,22,24,25)/b19-16-. The number of hydrogen-bond donors (Lipinski definition) is 1. The van der Waals surface area contributed by atoms with Crippen molar-refractivity contribution in [3.63, 3.8) is 0 Å².